The quantitative estimate of drug-likeness (QED) is 0.638. The Balaban J connectivity index is 3.16. The molecule has 0 aliphatic carbocycles. The summed E-state index contributed by atoms with van der Waals surface area (Å²) in [7, 11) is 1.43. The normalized spacial score (nSPS) is 12.0. The number of carbonyl (C=O) groups is 2. The number of rotatable bonds is 4. The lowest BCUT2D eigenvalue weighted by Gasteiger charge is -2.24. The van der Waals surface area contributed by atoms with Crippen molar-refractivity contribution in [2.24, 2.45) is 0 Å². The number of halogens is 2. The van der Waals surface area contributed by atoms with E-state index in [0.29, 0.717) is 9.99 Å². The Morgan fingerprint density at radius 2 is 1.95 bits per heavy atom. The smallest absolute Gasteiger partial charge is 0.326 e. The Hall–Kier alpha value is -0.580. The Morgan fingerprint density at radius 3 is 2.42 bits per heavy atom. The molecule has 0 heterocycles. The minimum absolute atomic E-state index is 0.113. The summed E-state index contributed by atoms with van der Waals surface area (Å²) in [5.74, 6) is -1.67. The maximum absolute atomic E-state index is 12.3. The Kier molecular flexibility index (Phi) is 5.83. The topological polar surface area (TPSA) is 77.8 Å². The minimum atomic E-state index is -1.06. The second kappa shape index (κ2) is 6.73. The molecule has 1 amide bonds. The van der Waals surface area contributed by atoms with Gasteiger partial charge < -0.3 is 15.1 Å². The van der Waals surface area contributed by atoms with Crippen molar-refractivity contribution in [2.75, 3.05) is 7.05 Å². The molecular weight excluding hydrogens is 476 g/mol. The molecule has 0 aromatic heterocycles. The number of amides is 1. The molecule has 2 N–H and O–H groups in total. The van der Waals surface area contributed by atoms with Crippen LogP contribution >= 0.6 is 45.2 Å². The number of phenolic OH excluding ortho intramolecular Hbond substituents is 1. The second-order valence-corrected chi connectivity index (χ2v) is 6.37. The van der Waals surface area contributed by atoms with Crippen molar-refractivity contribution in [1.82, 2.24) is 4.90 Å². The summed E-state index contributed by atoms with van der Waals surface area (Å²) >= 11 is 3.97. The first-order valence-corrected chi connectivity index (χ1v) is 7.63. The zero-order valence-electron chi connectivity index (χ0n) is 10.4. The van der Waals surface area contributed by atoms with E-state index in [9.17, 15) is 14.7 Å². The molecule has 5 nitrogen and oxygen atoms in total. The average Bonchev–Trinajstić information content (AvgIpc) is 2.33. The SMILES string of the molecule is CCC(C(=O)O)N(C)C(=O)c1cc(I)cc(I)c1O. The third-order valence-corrected chi connectivity index (χ3v) is 4.16. The third kappa shape index (κ3) is 3.71. The summed E-state index contributed by atoms with van der Waals surface area (Å²) in [5, 5.41) is 19.0. The van der Waals surface area contributed by atoms with Crippen LogP contribution in [0.5, 0.6) is 5.75 Å². The summed E-state index contributed by atoms with van der Waals surface area (Å²) in [6.07, 6.45) is 0.305. The molecule has 1 aromatic rings. The second-order valence-electron chi connectivity index (χ2n) is 3.96. The lowest BCUT2D eigenvalue weighted by molar-refractivity contribution is -0.142. The molecule has 1 unspecified atom stereocenters. The van der Waals surface area contributed by atoms with Gasteiger partial charge in [0, 0.05) is 10.6 Å². The molecule has 1 atom stereocenters. The number of aliphatic carboxylic acids is 1. The Bertz CT molecular complexity index is 519. The van der Waals surface area contributed by atoms with Gasteiger partial charge in [0.2, 0.25) is 0 Å². The van der Waals surface area contributed by atoms with E-state index in [4.69, 9.17) is 5.11 Å². The lowest BCUT2D eigenvalue weighted by Crippen LogP contribution is -2.42. The number of carbonyl (C=O) groups excluding carboxylic acids is 1. The summed E-state index contributed by atoms with van der Waals surface area (Å²) in [6.45, 7) is 1.70. The summed E-state index contributed by atoms with van der Waals surface area (Å²) in [5.41, 5.74) is 0.124. The molecule has 1 rings (SSSR count). The highest BCUT2D eigenvalue weighted by Crippen LogP contribution is 2.28. The molecule has 1 aromatic carbocycles. The van der Waals surface area contributed by atoms with E-state index in [1.54, 1.807) is 19.1 Å². The zero-order valence-corrected chi connectivity index (χ0v) is 14.7. The van der Waals surface area contributed by atoms with Gasteiger partial charge in [0.05, 0.1) is 9.13 Å². The minimum Gasteiger partial charge on any atom is -0.506 e. The lowest BCUT2D eigenvalue weighted by atomic mass is 10.1. The van der Waals surface area contributed by atoms with Gasteiger partial charge in [-0.3, -0.25) is 4.79 Å². The molecule has 19 heavy (non-hydrogen) atoms. The van der Waals surface area contributed by atoms with Crippen LogP contribution in [0.4, 0.5) is 0 Å². The molecule has 0 aliphatic rings. The van der Waals surface area contributed by atoms with E-state index in [-0.39, 0.29) is 11.3 Å². The number of benzene rings is 1. The van der Waals surface area contributed by atoms with E-state index < -0.39 is 17.9 Å². The molecule has 0 saturated carbocycles. The maximum atomic E-state index is 12.3. The number of nitrogens with zero attached hydrogens (tertiary/aromatic N) is 1. The number of carboxylic acids is 1. The fourth-order valence-electron chi connectivity index (χ4n) is 1.67. The fourth-order valence-corrected chi connectivity index (χ4v) is 3.52. The van der Waals surface area contributed by atoms with Crippen molar-refractivity contribution in [3.05, 3.63) is 24.8 Å². The van der Waals surface area contributed by atoms with Crippen LogP contribution in [-0.2, 0) is 4.79 Å². The molecule has 0 fully saturated rings. The zero-order chi connectivity index (χ0) is 14.7. The van der Waals surface area contributed by atoms with Crippen molar-refractivity contribution in [3.8, 4) is 5.75 Å². The highest BCUT2D eigenvalue weighted by Gasteiger charge is 2.27. The van der Waals surface area contributed by atoms with Gasteiger partial charge in [0.15, 0.2) is 0 Å². The third-order valence-electron chi connectivity index (χ3n) is 2.72. The van der Waals surface area contributed by atoms with E-state index >= 15 is 0 Å². The molecule has 0 aliphatic heterocycles. The van der Waals surface area contributed by atoms with Crippen LogP contribution in [0.25, 0.3) is 0 Å². The van der Waals surface area contributed by atoms with Crippen LogP contribution in [0, 0.1) is 7.14 Å². The van der Waals surface area contributed by atoms with Gasteiger partial charge in [-0.1, -0.05) is 6.92 Å². The van der Waals surface area contributed by atoms with Crippen LogP contribution in [-0.4, -0.2) is 40.1 Å². The van der Waals surface area contributed by atoms with Gasteiger partial charge in [-0.05, 0) is 63.7 Å². The maximum Gasteiger partial charge on any atom is 0.326 e. The Labute approximate surface area is 138 Å². The predicted octanol–water partition coefficient (Wildman–Crippen LogP) is 2.54. The predicted molar refractivity (Wildman–Crippen MR) is 87.3 cm³/mol. The van der Waals surface area contributed by atoms with E-state index in [2.05, 4.69) is 0 Å². The van der Waals surface area contributed by atoms with Crippen LogP contribution in [0.3, 0.4) is 0 Å². The molecule has 0 saturated heterocycles. The molecule has 104 valence electrons. The van der Waals surface area contributed by atoms with Crippen molar-refractivity contribution in [1.29, 1.82) is 0 Å². The monoisotopic (exact) mass is 489 g/mol. The molecule has 0 bridgehead atoms. The van der Waals surface area contributed by atoms with Gasteiger partial charge in [0.1, 0.15) is 11.8 Å². The highest BCUT2D eigenvalue weighted by molar-refractivity contribution is 14.1. The van der Waals surface area contributed by atoms with Crippen LogP contribution in [0.1, 0.15) is 23.7 Å². The summed E-state index contributed by atoms with van der Waals surface area (Å²) in [6, 6.07) is 2.38. The van der Waals surface area contributed by atoms with Crippen molar-refractivity contribution in [2.45, 2.75) is 19.4 Å². The Morgan fingerprint density at radius 1 is 1.37 bits per heavy atom. The van der Waals surface area contributed by atoms with Gasteiger partial charge >= 0.3 is 5.97 Å². The summed E-state index contributed by atoms with van der Waals surface area (Å²) < 4.78 is 1.37. The summed E-state index contributed by atoms with van der Waals surface area (Å²) in [4.78, 5) is 24.5. The molecule has 0 spiro atoms. The van der Waals surface area contributed by atoms with Crippen molar-refractivity contribution < 1.29 is 19.8 Å². The number of phenols is 1. The average molecular weight is 489 g/mol. The number of hydrogen-bond acceptors (Lipinski definition) is 3. The van der Waals surface area contributed by atoms with E-state index in [1.807, 2.05) is 45.2 Å². The van der Waals surface area contributed by atoms with Crippen molar-refractivity contribution >= 4 is 57.1 Å². The molecule has 0 radical (unpaired) electrons. The van der Waals surface area contributed by atoms with E-state index in [1.165, 1.54) is 7.05 Å². The first-order chi connectivity index (χ1) is 8.79. The number of carboxylic acid groups (broad SMARTS) is 1. The van der Waals surface area contributed by atoms with Gasteiger partial charge in [-0.15, -0.1) is 0 Å². The standard InChI is InChI=1S/C12H13I2NO4/c1-3-9(12(18)19)15(2)11(17)7-4-6(13)5-8(14)10(7)16/h4-5,9,16H,3H2,1-2H3,(H,18,19). The first kappa shape index (κ1) is 16.5. The van der Waals surface area contributed by atoms with E-state index in [0.717, 1.165) is 8.47 Å². The first-order valence-electron chi connectivity index (χ1n) is 5.47. The highest BCUT2D eigenvalue weighted by atomic mass is 127. The van der Waals surface area contributed by atoms with Gasteiger partial charge in [0.25, 0.3) is 5.91 Å². The fraction of sp³-hybridized carbons (Fsp3) is 0.333. The van der Waals surface area contributed by atoms with Crippen LogP contribution in [0.15, 0.2) is 12.1 Å². The largest absolute Gasteiger partial charge is 0.506 e. The number of hydrogen-bond donors (Lipinski definition) is 2. The van der Waals surface area contributed by atoms with Gasteiger partial charge in [-0.25, -0.2) is 4.79 Å². The molecular formula is C12H13I2NO4. The molecule has 7 heteroatoms. The van der Waals surface area contributed by atoms with Crippen LogP contribution < -0.4 is 0 Å². The van der Waals surface area contributed by atoms with Crippen LogP contribution in [0.2, 0.25) is 0 Å². The van der Waals surface area contributed by atoms with Gasteiger partial charge in [-0.2, -0.15) is 0 Å². The van der Waals surface area contributed by atoms with Crippen molar-refractivity contribution in [3.63, 3.8) is 0 Å². The number of aromatic hydroxyl groups is 1. The number of likely N-dealkylation sites (N-methyl/N-ethyl adjacent to an activating group) is 1.